The lowest BCUT2D eigenvalue weighted by molar-refractivity contribution is -0.136. The minimum absolute atomic E-state index is 0.0373. The Labute approximate surface area is 188 Å². The van der Waals surface area contributed by atoms with E-state index in [1.807, 2.05) is 0 Å². The van der Waals surface area contributed by atoms with Crippen LogP contribution >= 0.6 is 0 Å². The number of fused-ring (bicyclic) bond motifs is 1. The number of nitrogens with one attached hydrogen (secondary N) is 2. The Hall–Kier alpha value is -4.06. The number of carbonyl (C=O) groups excluding carboxylic acids is 3. The molecule has 12 heteroatoms. The Morgan fingerprint density at radius 2 is 1.85 bits per heavy atom. The number of hydrogen-bond donors (Lipinski definition) is 2. The van der Waals surface area contributed by atoms with Crippen LogP contribution in [-0.2, 0) is 26.2 Å². The summed E-state index contributed by atoms with van der Waals surface area (Å²) in [6.45, 7) is 0.0599. The number of rotatable bonds is 5. The van der Waals surface area contributed by atoms with E-state index in [0.717, 1.165) is 0 Å². The molecule has 1 unspecified atom stereocenters. The van der Waals surface area contributed by atoms with Gasteiger partial charge in [-0.3, -0.25) is 24.4 Å². The van der Waals surface area contributed by atoms with E-state index in [-0.39, 0.29) is 41.8 Å². The van der Waals surface area contributed by atoms with Crippen molar-refractivity contribution in [2.75, 3.05) is 4.72 Å². The summed E-state index contributed by atoms with van der Waals surface area (Å²) in [5, 5.41) is 9.84. The second kappa shape index (κ2) is 7.81. The molecule has 0 aliphatic carbocycles. The van der Waals surface area contributed by atoms with Crippen molar-refractivity contribution in [3.63, 3.8) is 0 Å². The number of hydrogen-bond acceptors (Lipinski definition) is 7. The number of amides is 3. The molecule has 2 aliphatic rings. The van der Waals surface area contributed by atoms with Crippen molar-refractivity contribution >= 4 is 33.4 Å². The SMILES string of the molecule is O=C1CCC(N2Cc3c(NS(=O)(=O)c4ccc(-n5ccnn5)cc4)cccc3C2=O)C(=O)N1. The maximum absolute atomic E-state index is 13.0. The van der Waals surface area contributed by atoms with E-state index in [2.05, 4.69) is 20.4 Å². The number of aromatic nitrogens is 3. The van der Waals surface area contributed by atoms with Gasteiger partial charge in [-0.1, -0.05) is 11.3 Å². The van der Waals surface area contributed by atoms with Crippen LogP contribution in [0, 0.1) is 0 Å². The maximum atomic E-state index is 13.0. The number of imide groups is 1. The second-order valence-electron chi connectivity index (χ2n) is 7.68. The smallest absolute Gasteiger partial charge is 0.261 e. The summed E-state index contributed by atoms with van der Waals surface area (Å²) in [4.78, 5) is 38.0. The fraction of sp³-hybridized carbons (Fsp3) is 0.190. The van der Waals surface area contributed by atoms with Gasteiger partial charge in [0.05, 0.1) is 28.7 Å². The summed E-state index contributed by atoms with van der Waals surface area (Å²) in [6.07, 6.45) is 3.52. The Morgan fingerprint density at radius 1 is 1.06 bits per heavy atom. The number of sulfonamides is 1. The van der Waals surface area contributed by atoms with Gasteiger partial charge in [-0.25, -0.2) is 13.1 Å². The van der Waals surface area contributed by atoms with Crippen molar-refractivity contribution in [2.45, 2.75) is 30.3 Å². The first-order chi connectivity index (χ1) is 15.8. The number of piperidine rings is 1. The molecule has 1 saturated heterocycles. The summed E-state index contributed by atoms with van der Waals surface area (Å²) >= 11 is 0. The molecule has 1 fully saturated rings. The average molecular weight is 466 g/mol. The van der Waals surface area contributed by atoms with Crippen LogP contribution in [0.3, 0.4) is 0 Å². The monoisotopic (exact) mass is 466 g/mol. The number of nitrogens with zero attached hydrogens (tertiary/aromatic N) is 4. The molecule has 0 radical (unpaired) electrons. The highest BCUT2D eigenvalue weighted by molar-refractivity contribution is 7.92. The molecule has 2 aromatic carbocycles. The average Bonchev–Trinajstić information content (AvgIpc) is 3.43. The van der Waals surface area contributed by atoms with E-state index in [1.165, 1.54) is 27.9 Å². The van der Waals surface area contributed by atoms with Gasteiger partial charge in [-0.2, -0.15) is 0 Å². The summed E-state index contributed by atoms with van der Waals surface area (Å²) < 4.78 is 30.1. The van der Waals surface area contributed by atoms with Crippen LogP contribution in [0.15, 0.2) is 59.8 Å². The molecule has 2 N–H and O–H groups in total. The predicted molar refractivity (Wildman–Crippen MR) is 115 cm³/mol. The first-order valence-corrected chi connectivity index (χ1v) is 11.6. The van der Waals surface area contributed by atoms with Crippen LogP contribution in [-0.4, -0.2) is 52.1 Å². The van der Waals surface area contributed by atoms with E-state index >= 15 is 0 Å². The standard InChI is InChI=1S/C21H18N6O5S/c28-19-9-8-18(20(29)23-19)26-12-16-15(21(26)30)2-1-3-17(16)24-33(31,32)14-6-4-13(5-7-14)27-11-10-22-25-27/h1-7,10-11,18,24H,8-9,12H2,(H,23,28,29). The zero-order chi connectivity index (χ0) is 23.2. The molecular formula is C21H18N6O5S. The van der Waals surface area contributed by atoms with Crippen molar-refractivity contribution in [3.05, 3.63) is 66.0 Å². The molecule has 1 aromatic heterocycles. The molecular weight excluding hydrogens is 448 g/mol. The normalized spacial score (nSPS) is 18.2. The van der Waals surface area contributed by atoms with Crippen molar-refractivity contribution in [2.24, 2.45) is 0 Å². The van der Waals surface area contributed by atoms with Crippen LogP contribution in [0.25, 0.3) is 5.69 Å². The second-order valence-corrected chi connectivity index (χ2v) is 9.36. The fourth-order valence-corrected chi connectivity index (χ4v) is 5.10. The third kappa shape index (κ3) is 3.74. The summed E-state index contributed by atoms with van der Waals surface area (Å²) in [7, 11) is -3.95. The van der Waals surface area contributed by atoms with Crippen LogP contribution < -0.4 is 10.0 Å². The molecule has 3 amide bonds. The molecule has 11 nitrogen and oxygen atoms in total. The highest BCUT2D eigenvalue weighted by Crippen LogP contribution is 2.33. The molecule has 1 atom stereocenters. The van der Waals surface area contributed by atoms with E-state index in [9.17, 15) is 22.8 Å². The Morgan fingerprint density at radius 3 is 2.55 bits per heavy atom. The topological polar surface area (TPSA) is 143 Å². The largest absolute Gasteiger partial charge is 0.322 e. The highest BCUT2D eigenvalue weighted by Gasteiger charge is 2.40. The van der Waals surface area contributed by atoms with Crippen molar-refractivity contribution in [1.29, 1.82) is 0 Å². The first-order valence-electron chi connectivity index (χ1n) is 10.1. The molecule has 2 aliphatic heterocycles. The Kier molecular flexibility index (Phi) is 4.93. The van der Waals surface area contributed by atoms with Gasteiger partial charge in [0.15, 0.2) is 0 Å². The quantitative estimate of drug-likeness (QED) is 0.530. The van der Waals surface area contributed by atoms with Crippen molar-refractivity contribution in [3.8, 4) is 5.69 Å². The number of benzene rings is 2. The van der Waals surface area contributed by atoms with Crippen LogP contribution in [0.2, 0.25) is 0 Å². The summed E-state index contributed by atoms with van der Waals surface area (Å²) in [6, 6.07) is 10.1. The maximum Gasteiger partial charge on any atom is 0.261 e. The lowest BCUT2D eigenvalue weighted by atomic mass is 10.0. The van der Waals surface area contributed by atoms with Crippen molar-refractivity contribution in [1.82, 2.24) is 25.2 Å². The lowest BCUT2D eigenvalue weighted by Crippen LogP contribution is -2.52. The molecule has 0 spiro atoms. The zero-order valence-electron chi connectivity index (χ0n) is 17.1. The van der Waals surface area contributed by atoms with E-state index < -0.39 is 22.0 Å². The minimum Gasteiger partial charge on any atom is -0.322 e. The molecule has 5 rings (SSSR count). The van der Waals surface area contributed by atoms with Crippen LogP contribution in [0.5, 0.6) is 0 Å². The molecule has 3 heterocycles. The van der Waals surface area contributed by atoms with E-state index in [0.29, 0.717) is 16.8 Å². The molecule has 0 bridgehead atoms. The number of anilines is 1. The predicted octanol–water partition coefficient (Wildman–Crippen LogP) is 0.829. The summed E-state index contributed by atoms with van der Waals surface area (Å²) in [5.74, 6) is -1.27. The fourth-order valence-electron chi connectivity index (χ4n) is 4.01. The van der Waals surface area contributed by atoms with Crippen LogP contribution in [0.4, 0.5) is 5.69 Å². The summed E-state index contributed by atoms with van der Waals surface area (Å²) in [5.41, 5.74) is 1.71. The highest BCUT2D eigenvalue weighted by atomic mass is 32.2. The minimum atomic E-state index is -3.95. The van der Waals surface area contributed by atoms with Gasteiger partial charge >= 0.3 is 0 Å². The van der Waals surface area contributed by atoms with Gasteiger partial charge in [0.25, 0.3) is 15.9 Å². The van der Waals surface area contributed by atoms with Gasteiger partial charge < -0.3 is 4.90 Å². The van der Waals surface area contributed by atoms with E-state index in [4.69, 9.17) is 0 Å². The first kappa shape index (κ1) is 20.8. The van der Waals surface area contributed by atoms with E-state index in [1.54, 1.807) is 36.5 Å². The van der Waals surface area contributed by atoms with Gasteiger partial charge in [0, 0.05) is 24.1 Å². The van der Waals surface area contributed by atoms with Gasteiger partial charge in [0.2, 0.25) is 11.8 Å². The molecule has 0 saturated carbocycles. The zero-order valence-corrected chi connectivity index (χ0v) is 17.9. The lowest BCUT2D eigenvalue weighted by Gasteiger charge is -2.29. The molecule has 168 valence electrons. The van der Waals surface area contributed by atoms with Crippen LogP contribution in [0.1, 0.15) is 28.8 Å². The Balaban J connectivity index is 1.40. The third-order valence-corrected chi connectivity index (χ3v) is 7.04. The third-order valence-electron chi connectivity index (χ3n) is 5.66. The van der Waals surface area contributed by atoms with Gasteiger partial charge in [-0.15, -0.1) is 5.10 Å². The Bertz CT molecular complexity index is 1370. The molecule has 3 aromatic rings. The molecule has 33 heavy (non-hydrogen) atoms. The van der Waals surface area contributed by atoms with Crippen molar-refractivity contribution < 1.29 is 22.8 Å². The van der Waals surface area contributed by atoms with Gasteiger partial charge in [0.1, 0.15) is 6.04 Å². The van der Waals surface area contributed by atoms with Gasteiger partial charge in [-0.05, 0) is 42.8 Å². The number of carbonyl (C=O) groups is 3.